The molecule has 0 aliphatic carbocycles. The van der Waals surface area contributed by atoms with Gasteiger partial charge in [-0.2, -0.15) is 0 Å². The summed E-state index contributed by atoms with van der Waals surface area (Å²) in [5, 5.41) is 3.19. The normalized spacial score (nSPS) is 18.4. The average Bonchev–Trinajstić information content (AvgIpc) is 3.36. The van der Waals surface area contributed by atoms with Crippen LogP contribution in [0, 0.1) is 0 Å². The van der Waals surface area contributed by atoms with Crippen molar-refractivity contribution in [2.45, 2.75) is 43.9 Å². The fourth-order valence-corrected chi connectivity index (χ4v) is 4.83. The molecule has 2 aromatic carbocycles. The van der Waals surface area contributed by atoms with Crippen LogP contribution in [0.4, 0.5) is 0 Å². The van der Waals surface area contributed by atoms with E-state index in [1.165, 1.54) is 31.5 Å². The van der Waals surface area contributed by atoms with Crippen LogP contribution in [-0.4, -0.2) is 56.8 Å². The van der Waals surface area contributed by atoms with E-state index in [-0.39, 0.29) is 11.3 Å². The zero-order valence-electron chi connectivity index (χ0n) is 19.1. The molecule has 4 rings (SSSR count). The number of carbonyl (C=O) groups excluding carboxylic acids is 1. The van der Waals surface area contributed by atoms with Crippen LogP contribution in [0.3, 0.4) is 0 Å². The monoisotopic (exact) mass is 436 g/mol. The summed E-state index contributed by atoms with van der Waals surface area (Å²) in [4.78, 5) is 15.1. The number of benzene rings is 2. The molecule has 2 aromatic rings. The second kappa shape index (κ2) is 11.5. The molecular weight excluding hydrogens is 400 g/mol. The molecule has 2 saturated heterocycles. The molecule has 2 heterocycles. The Morgan fingerprint density at radius 1 is 1.00 bits per heavy atom. The molecule has 0 unspecified atom stereocenters. The smallest absolute Gasteiger partial charge is 0.224 e. The predicted molar refractivity (Wildman–Crippen MR) is 127 cm³/mol. The molecule has 1 N–H and O–H groups in total. The number of hydrogen-bond acceptors (Lipinski definition) is 4. The minimum Gasteiger partial charge on any atom is -0.494 e. The lowest BCUT2D eigenvalue weighted by Crippen LogP contribution is -2.45. The van der Waals surface area contributed by atoms with Gasteiger partial charge in [-0.25, -0.2) is 0 Å². The Morgan fingerprint density at radius 2 is 1.72 bits per heavy atom. The molecule has 172 valence electrons. The summed E-state index contributed by atoms with van der Waals surface area (Å²) in [5.74, 6) is 0.991. The van der Waals surface area contributed by atoms with Crippen LogP contribution >= 0.6 is 0 Å². The van der Waals surface area contributed by atoms with E-state index < -0.39 is 0 Å². The van der Waals surface area contributed by atoms with Gasteiger partial charge in [0, 0.05) is 31.7 Å². The Labute approximate surface area is 192 Å². The molecule has 1 amide bonds. The van der Waals surface area contributed by atoms with Gasteiger partial charge in [-0.1, -0.05) is 42.5 Å². The Bertz CT molecular complexity index is 826. The molecule has 0 bridgehead atoms. The zero-order chi connectivity index (χ0) is 22.1. The molecule has 5 nitrogen and oxygen atoms in total. The fourth-order valence-electron chi connectivity index (χ4n) is 4.83. The van der Waals surface area contributed by atoms with Gasteiger partial charge in [0.05, 0.1) is 13.0 Å². The van der Waals surface area contributed by atoms with Crippen LogP contribution in [0.15, 0.2) is 54.6 Å². The second-order valence-corrected chi connectivity index (χ2v) is 9.11. The van der Waals surface area contributed by atoms with Crippen LogP contribution in [-0.2, 0) is 21.4 Å². The Kier molecular flexibility index (Phi) is 8.18. The van der Waals surface area contributed by atoms with Crippen molar-refractivity contribution in [2.24, 2.45) is 0 Å². The van der Waals surface area contributed by atoms with Crippen molar-refractivity contribution in [2.75, 3.05) is 46.0 Å². The van der Waals surface area contributed by atoms with Gasteiger partial charge in [-0.05, 0) is 68.5 Å². The third-order valence-corrected chi connectivity index (χ3v) is 6.83. The van der Waals surface area contributed by atoms with E-state index in [1.54, 1.807) is 0 Å². The van der Waals surface area contributed by atoms with E-state index in [2.05, 4.69) is 34.5 Å². The summed E-state index contributed by atoms with van der Waals surface area (Å²) in [7, 11) is 0. The Morgan fingerprint density at radius 3 is 2.44 bits per heavy atom. The maximum absolute atomic E-state index is 12.6. The van der Waals surface area contributed by atoms with Crippen molar-refractivity contribution in [3.05, 3.63) is 65.7 Å². The van der Waals surface area contributed by atoms with Gasteiger partial charge in [0.25, 0.3) is 0 Å². The van der Waals surface area contributed by atoms with Gasteiger partial charge in [-0.15, -0.1) is 0 Å². The molecule has 0 aromatic heterocycles. The number of nitrogens with zero attached hydrogens (tertiary/aromatic N) is 1. The van der Waals surface area contributed by atoms with Crippen molar-refractivity contribution in [3.8, 4) is 5.75 Å². The minimum atomic E-state index is -0.0844. The van der Waals surface area contributed by atoms with Crippen LogP contribution in [0.1, 0.15) is 43.2 Å². The maximum atomic E-state index is 12.6. The van der Waals surface area contributed by atoms with E-state index >= 15 is 0 Å². The number of likely N-dealkylation sites (tertiary alicyclic amines) is 1. The highest BCUT2D eigenvalue weighted by Crippen LogP contribution is 2.35. The van der Waals surface area contributed by atoms with Crippen molar-refractivity contribution in [3.63, 3.8) is 0 Å². The number of ether oxygens (including phenoxy) is 2. The number of rotatable bonds is 10. The standard InChI is InChI=1S/C27H36N2O3/c30-26(21-23-7-2-1-3-8-23)28-22-27(13-19-31-20-14-27)24-9-11-25(12-10-24)32-18-6-17-29-15-4-5-16-29/h1-3,7-12H,4-6,13-22H2,(H,28,30). The topological polar surface area (TPSA) is 50.8 Å². The van der Waals surface area contributed by atoms with E-state index in [1.807, 2.05) is 30.3 Å². The molecule has 0 saturated carbocycles. The molecule has 2 fully saturated rings. The third-order valence-electron chi connectivity index (χ3n) is 6.83. The van der Waals surface area contributed by atoms with E-state index in [0.717, 1.165) is 56.9 Å². The summed E-state index contributed by atoms with van der Waals surface area (Å²) < 4.78 is 11.6. The van der Waals surface area contributed by atoms with Crippen molar-refractivity contribution in [1.82, 2.24) is 10.2 Å². The minimum absolute atomic E-state index is 0.0695. The van der Waals surface area contributed by atoms with Crippen LogP contribution in [0.25, 0.3) is 0 Å². The number of carbonyl (C=O) groups is 1. The van der Waals surface area contributed by atoms with Crippen molar-refractivity contribution in [1.29, 1.82) is 0 Å². The van der Waals surface area contributed by atoms with Crippen LogP contribution in [0.2, 0.25) is 0 Å². The first-order valence-electron chi connectivity index (χ1n) is 12.1. The largest absolute Gasteiger partial charge is 0.494 e. The highest BCUT2D eigenvalue weighted by atomic mass is 16.5. The molecule has 0 radical (unpaired) electrons. The highest BCUT2D eigenvalue weighted by Gasteiger charge is 2.34. The van der Waals surface area contributed by atoms with Crippen LogP contribution < -0.4 is 10.1 Å². The molecular formula is C27H36N2O3. The predicted octanol–water partition coefficient (Wildman–Crippen LogP) is 3.96. The first-order chi connectivity index (χ1) is 15.7. The summed E-state index contributed by atoms with van der Waals surface area (Å²) in [6.07, 6.45) is 5.97. The lowest BCUT2D eigenvalue weighted by Gasteiger charge is -2.38. The van der Waals surface area contributed by atoms with Crippen molar-refractivity contribution < 1.29 is 14.3 Å². The molecule has 2 aliphatic heterocycles. The van der Waals surface area contributed by atoms with Gasteiger partial charge in [0.2, 0.25) is 5.91 Å². The SMILES string of the molecule is O=C(Cc1ccccc1)NCC1(c2ccc(OCCCN3CCCC3)cc2)CCOCC1. The lowest BCUT2D eigenvalue weighted by molar-refractivity contribution is -0.120. The van der Waals surface area contributed by atoms with Gasteiger partial charge in [-0.3, -0.25) is 4.79 Å². The lowest BCUT2D eigenvalue weighted by atomic mass is 9.74. The van der Waals surface area contributed by atoms with Gasteiger partial charge >= 0.3 is 0 Å². The van der Waals surface area contributed by atoms with Crippen LogP contribution in [0.5, 0.6) is 5.75 Å². The first kappa shape index (κ1) is 22.8. The van der Waals surface area contributed by atoms with Gasteiger partial charge < -0.3 is 19.7 Å². The summed E-state index contributed by atoms with van der Waals surface area (Å²) in [6, 6.07) is 18.4. The summed E-state index contributed by atoms with van der Waals surface area (Å²) >= 11 is 0. The highest BCUT2D eigenvalue weighted by molar-refractivity contribution is 5.78. The van der Waals surface area contributed by atoms with Gasteiger partial charge in [0.15, 0.2) is 0 Å². The molecule has 0 atom stereocenters. The van der Waals surface area contributed by atoms with E-state index in [9.17, 15) is 4.79 Å². The van der Waals surface area contributed by atoms with Gasteiger partial charge in [0.1, 0.15) is 5.75 Å². The first-order valence-corrected chi connectivity index (χ1v) is 12.1. The number of hydrogen-bond donors (Lipinski definition) is 1. The molecule has 0 spiro atoms. The Balaban J connectivity index is 1.30. The molecule has 5 heteroatoms. The summed E-state index contributed by atoms with van der Waals surface area (Å²) in [5.41, 5.74) is 2.21. The maximum Gasteiger partial charge on any atom is 0.224 e. The van der Waals surface area contributed by atoms with Crippen molar-refractivity contribution >= 4 is 5.91 Å². The summed E-state index contributed by atoms with van der Waals surface area (Å²) in [6.45, 7) is 6.45. The fraction of sp³-hybridized carbons (Fsp3) is 0.519. The average molecular weight is 437 g/mol. The number of nitrogens with one attached hydrogen (secondary N) is 1. The molecule has 32 heavy (non-hydrogen) atoms. The Hall–Kier alpha value is -2.37. The van der Waals surface area contributed by atoms with E-state index in [4.69, 9.17) is 9.47 Å². The second-order valence-electron chi connectivity index (χ2n) is 9.11. The molecule has 2 aliphatic rings. The zero-order valence-corrected chi connectivity index (χ0v) is 19.1. The quantitative estimate of drug-likeness (QED) is 0.573. The number of amides is 1. The van der Waals surface area contributed by atoms with E-state index in [0.29, 0.717) is 13.0 Å². The third kappa shape index (κ3) is 6.33.